The van der Waals surface area contributed by atoms with Gasteiger partial charge in [0.2, 0.25) is 5.91 Å². The molecule has 2 saturated heterocycles. The van der Waals surface area contributed by atoms with Gasteiger partial charge in [-0.3, -0.25) is 4.79 Å². The minimum Gasteiger partial charge on any atom is -0.368 e. The summed E-state index contributed by atoms with van der Waals surface area (Å²) in [6.07, 6.45) is 8.90. The van der Waals surface area contributed by atoms with Gasteiger partial charge in [-0.15, -0.1) is 5.10 Å². The Hall–Kier alpha value is -1.47. The largest absolute Gasteiger partial charge is 0.368 e. The molecule has 0 N–H and O–H groups in total. The highest BCUT2D eigenvalue weighted by Crippen LogP contribution is 2.21. The highest BCUT2D eigenvalue weighted by atomic mass is 16.5. The molecular weight excluding hydrogens is 294 g/mol. The molecule has 3 heterocycles. The van der Waals surface area contributed by atoms with Crippen molar-refractivity contribution in [1.29, 1.82) is 0 Å². The summed E-state index contributed by atoms with van der Waals surface area (Å²) in [4.78, 5) is 16.7. The summed E-state index contributed by atoms with van der Waals surface area (Å²) in [5.74, 6) is 0.128. The third kappa shape index (κ3) is 4.51. The van der Waals surface area contributed by atoms with Gasteiger partial charge in [0, 0.05) is 32.4 Å². The lowest BCUT2D eigenvalue weighted by Gasteiger charge is -2.29. The molecule has 0 bridgehead atoms. The molecule has 2 aliphatic heterocycles. The Labute approximate surface area is 137 Å². The first-order chi connectivity index (χ1) is 11.2. The molecule has 7 heteroatoms. The second-order valence-corrected chi connectivity index (χ2v) is 6.66. The van der Waals surface area contributed by atoms with Gasteiger partial charge >= 0.3 is 0 Å². The average molecular weight is 321 g/mol. The Balaban J connectivity index is 1.43. The number of ether oxygens (including phenoxy) is 1. The van der Waals surface area contributed by atoms with Gasteiger partial charge in [0.05, 0.1) is 18.3 Å². The smallest absolute Gasteiger partial charge is 0.248 e. The van der Waals surface area contributed by atoms with Gasteiger partial charge in [0.25, 0.3) is 0 Å². The van der Waals surface area contributed by atoms with Crippen molar-refractivity contribution in [3.8, 4) is 0 Å². The number of hydrogen-bond donors (Lipinski definition) is 0. The van der Waals surface area contributed by atoms with Crippen molar-refractivity contribution in [2.45, 2.75) is 44.2 Å². The van der Waals surface area contributed by atoms with Gasteiger partial charge in [-0.05, 0) is 39.2 Å². The summed E-state index contributed by atoms with van der Waals surface area (Å²) in [5.41, 5.74) is 0. The predicted molar refractivity (Wildman–Crippen MR) is 86.0 cm³/mol. The van der Waals surface area contributed by atoms with Crippen LogP contribution >= 0.6 is 0 Å². The van der Waals surface area contributed by atoms with E-state index in [1.54, 1.807) is 6.20 Å². The monoisotopic (exact) mass is 321 g/mol. The molecule has 128 valence electrons. The minimum atomic E-state index is 0.128. The van der Waals surface area contributed by atoms with Gasteiger partial charge in [-0.2, -0.15) is 0 Å². The molecule has 1 aromatic heterocycles. The Morgan fingerprint density at radius 1 is 1.17 bits per heavy atom. The third-order valence-electron chi connectivity index (χ3n) is 4.97. The van der Waals surface area contributed by atoms with Crippen LogP contribution in [0, 0.1) is 0 Å². The lowest BCUT2D eigenvalue weighted by Crippen LogP contribution is -2.39. The Morgan fingerprint density at radius 3 is 2.74 bits per heavy atom. The normalized spacial score (nSPS) is 24.6. The number of carbonyl (C=O) groups excluding carboxylic acids is 1. The van der Waals surface area contributed by atoms with E-state index in [1.165, 1.54) is 0 Å². The van der Waals surface area contributed by atoms with E-state index in [2.05, 4.69) is 22.3 Å². The maximum absolute atomic E-state index is 12.4. The zero-order valence-corrected chi connectivity index (χ0v) is 13.9. The lowest BCUT2D eigenvalue weighted by atomic mass is 10.1. The molecule has 7 nitrogen and oxygen atoms in total. The summed E-state index contributed by atoms with van der Waals surface area (Å²) >= 11 is 0. The fourth-order valence-electron chi connectivity index (χ4n) is 3.44. The van der Waals surface area contributed by atoms with Crippen LogP contribution < -0.4 is 0 Å². The number of amides is 1. The molecule has 23 heavy (non-hydrogen) atoms. The number of hydrogen-bond acceptors (Lipinski definition) is 5. The summed E-state index contributed by atoms with van der Waals surface area (Å²) in [6.45, 7) is 3.94. The number of likely N-dealkylation sites (tertiary alicyclic amines) is 2. The van der Waals surface area contributed by atoms with Crippen LogP contribution in [-0.4, -0.2) is 76.6 Å². The molecule has 0 radical (unpaired) electrons. The summed E-state index contributed by atoms with van der Waals surface area (Å²) < 4.78 is 7.76. The average Bonchev–Trinajstić information content (AvgIpc) is 2.98. The molecule has 1 aromatic rings. The first-order valence-corrected chi connectivity index (χ1v) is 8.66. The second-order valence-electron chi connectivity index (χ2n) is 6.66. The molecule has 0 spiro atoms. The van der Waals surface area contributed by atoms with Gasteiger partial charge in [-0.25, -0.2) is 4.68 Å². The van der Waals surface area contributed by atoms with Crippen molar-refractivity contribution in [1.82, 2.24) is 24.8 Å². The Morgan fingerprint density at radius 2 is 2.00 bits per heavy atom. The van der Waals surface area contributed by atoms with E-state index in [0.29, 0.717) is 6.04 Å². The molecule has 1 atom stereocenters. The first kappa shape index (κ1) is 16.4. The van der Waals surface area contributed by atoms with E-state index in [4.69, 9.17) is 4.74 Å². The highest BCUT2D eigenvalue weighted by Gasteiger charge is 2.23. The topological polar surface area (TPSA) is 63.5 Å². The van der Waals surface area contributed by atoms with Crippen molar-refractivity contribution < 1.29 is 9.53 Å². The predicted octanol–water partition coefficient (Wildman–Crippen LogP) is 0.942. The second kappa shape index (κ2) is 7.88. The summed E-state index contributed by atoms with van der Waals surface area (Å²) in [6, 6.07) is 0.352. The minimum absolute atomic E-state index is 0.128. The Kier molecular flexibility index (Phi) is 5.61. The van der Waals surface area contributed by atoms with E-state index < -0.39 is 0 Å². The summed E-state index contributed by atoms with van der Waals surface area (Å²) in [7, 11) is 2.13. The lowest BCUT2D eigenvalue weighted by molar-refractivity contribution is -0.139. The fraction of sp³-hybridized carbons (Fsp3) is 0.812. The molecule has 0 aliphatic carbocycles. The van der Waals surface area contributed by atoms with E-state index in [1.807, 2.05) is 15.8 Å². The number of aromatic nitrogens is 3. The summed E-state index contributed by atoms with van der Waals surface area (Å²) in [5, 5.41) is 7.97. The molecule has 1 unspecified atom stereocenters. The highest BCUT2D eigenvalue weighted by molar-refractivity contribution is 5.77. The van der Waals surface area contributed by atoms with Crippen LogP contribution in [0.15, 0.2) is 12.4 Å². The van der Waals surface area contributed by atoms with Crippen molar-refractivity contribution >= 4 is 5.91 Å². The van der Waals surface area contributed by atoms with Gasteiger partial charge in [0.1, 0.15) is 6.61 Å². The zero-order valence-electron chi connectivity index (χ0n) is 13.9. The first-order valence-electron chi connectivity index (χ1n) is 8.66. The quantitative estimate of drug-likeness (QED) is 0.826. The molecule has 0 aromatic carbocycles. The molecule has 2 fully saturated rings. The van der Waals surface area contributed by atoms with Crippen molar-refractivity contribution in [3.05, 3.63) is 12.4 Å². The maximum Gasteiger partial charge on any atom is 0.248 e. The third-order valence-corrected chi connectivity index (χ3v) is 4.97. The van der Waals surface area contributed by atoms with Crippen molar-refractivity contribution in [2.75, 3.05) is 39.8 Å². The van der Waals surface area contributed by atoms with Crippen LogP contribution in [0.2, 0.25) is 0 Å². The van der Waals surface area contributed by atoms with Crippen LogP contribution in [0.25, 0.3) is 0 Å². The Bertz CT molecular complexity index is 485. The van der Waals surface area contributed by atoms with Gasteiger partial charge < -0.3 is 14.5 Å². The molecule has 2 aliphatic rings. The van der Waals surface area contributed by atoms with Crippen LogP contribution in [0.5, 0.6) is 0 Å². The van der Waals surface area contributed by atoms with E-state index in [0.717, 1.165) is 58.3 Å². The number of rotatable bonds is 4. The molecule has 3 rings (SSSR count). The molecule has 0 saturated carbocycles. The zero-order chi connectivity index (χ0) is 16.1. The van der Waals surface area contributed by atoms with E-state index >= 15 is 0 Å². The molecular formula is C16H27N5O2. The van der Waals surface area contributed by atoms with Crippen LogP contribution in [0.4, 0.5) is 0 Å². The van der Waals surface area contributed by atoms with Crippen molar-refractivity contribution in [3.63, 3.8) is 0 Å². The van der Waals surface area contributed by atoms with Crippen LogP contribution in [-0.2, 0) is 9.53 Å². The SMILES string of the molecule is CN1CCC(OCC(=O)N2CCCC(n3ccnn3)CC2)CC1. The maximum atomic E-state index is 12.4. The van der Waals surface area contributed by atoms with E-state index in [-0.39, 0.29) is 18.6 Å². The number of carbonyl (C=O) groups is 1. The van der Waals surface area contributed by atoms with Gasteiger partial charge in [-0.1, -0.05) is 5.21 Å². The standard InChI is InChI=1S/C16H27N5O2/c1-19-9-5-15(6-10-19)23-13-16(22)20-8-2-3-14(4-11-20)21-12-7-17-18-21/h7,12,14-15H,2-6,8-11,13H2,1H3. The van der Waals surface area contributed by atoms with Crippen LogP contribution in [0.3, 0.4) is 0 Å². The molecule has 1 amide bonds. The number of nitrogens with zero attached hydrogens (tertiary/aromatic N) is 5. The van der Waals surface area contributed by atoms with Gasteiger partial charge in [0.15, 0.2) is 0 Å². The van der Waals surface area contributed by atoms with Crippen LogP contribution in [0.1, 0.15) is 38.1 Å². The fourth-order valence-corrected chi connectivity index (χ4v) is 3.44. The van der Waals surface area contributed by atoms with E-state index in [9.17, 15) is 4.79 Å². The number of piperidine rings is 1. The van der Waals surface area contributed by atoms with Crippen molar-refractivity contribution in [2.24, 2.45) is 0 Å².